The van der Waals surface area contributed by atoms with E-state index in [1.54, 1.807) is 37.4 Å². The van der Waals surface area contributed by atoms with Crippen LogP contribution in [0, 0.1) is 0 Å². The number of carbonyl (C=O) groups excluding carboxylic acids is 1. The molecule has 0 aliphatic heterocycles. The summed E-state index contributed by atoms with van der Waals surface area (Å²) in [5, 5.41) is 9.84. The molecule has 0 bridgehead atoms. The Kier molecular flexibility index (Phi) is 4.58. The Labute approximate surface area is 146 Å². The van der Waals surface area contributed by atoms with Crippen molar-refractivity contribution in [1.29, 1.82) is 0 Å². The lowest BCUT2D eigenvalue weighted by Crippen LogP contribution is -2.29. The summed E-state index contributed by atoms with van der Waals surface area (Å²) in [5.41, 5.74) is 0.431. The normalized spacial score (nSPS) is 12.6. The van der Waals surface area contributed by atoms with E-state index in [9.17, 15) is 14.7 Å². The number of nitrogens with zero attached hydrogens (tertiary/aromatic N) is 1. The molecule has 0 spiro atoms. The molecule has 0 amide bonds. The highest BCUT2D eigenvalue weighted by molar-refractivity contribution is 7.07. The molecule has 2 heterocycles. The van der Waals surface area contributed by atoms with E-state index < -0.39 is 0 Å². The lowest BCUT2D eigenvalue weighted by molar-refractivity contribution is 0.103. The minimum atomic E-state index is -0.310. The summed E-state index contributed by atoms with van der Waals surface area (Å²) in [6.07, 6.45) is 4.44. The van der Waals surface area contributed by atoms with Crippen LogP contribution in [-0.2, 0) is 7.05 Å². The molecule has 128 valence electrons. The maximum absolute atomic E-state index is 12.4. The number of Topliss-reactive ketones (excluding diaryl/α,β-unsaturated/α-hetero) is 1. The third kappa shape index (κ3) is 3.41. The quantitative estimate of drug-likeness (QED) is 0.711. The number of hydrogen-bond donors (Lipinski definition) is 1. The highest BCUT2D eigenvalue weighted by atomic mass is 32.1. The summed E-state index contributed by atoms with van der Waals surface area (Å²) in [6, 6.07) is 8.05. The molecule has 1 N–H and O–H groups in total. The number of benzene rings is 1. The fourth-order valence-electron chi connectivity index (χ4n) is 2.26. The van der Waals surface area contributed by atoms with Gasteiger partial charge in [-0.25, -0.2) is 0 Å². The van der Waals surface area contributed by atoms with Gasteiger partial charge in [0, 0.05) is 13.1 Å². The zero-order valence-electron chi connectivity index (χ0n) is 13.6. The zero-order chi connectivity index (χ0) is 18.0. The fourth-order valence-corrected chi connectivity index (χ4v) is 3.29. The smallest absolute Gasteiger partial charge is 0.268 e. The van der Waals surface area contributed by atoms with Gasteiger partial charge in [0.15, 0.2) is 17.3 Å². The van der Waals surface area contributed by atoms with Crippen LogP contribution in [0.25, 0.3) is 12.2 Å². The van der Waals surface area contributed by atoms with Gasteiger partial charge in [-0.3, -0.25) is 9.59 Å². The number of phenols is 1. The predicted octanol–water partition coefficient (Wildman–Crippen LogP) is 1.25. The standard InChI is InChI=1S/C18H15NO5S/c1-19-17(10-13(21)15-4-3-7-24-15)25-16(18(19)22)9-11-5-6-14(23-2)12(20)8-11/h3-10,20H,1-2H3. The lowest BCUT2D eigenvalue weighted by Gasteiger charge is -2.02. The first-order valence-corrected chi connectivity index (χ1v) is 8.15. The van der Waals surface area contributed by atoms with Crippen LogP contribution in [-0.4, -0.2) is 22.6 Å². The van der Waals surface area contributed by atoms with E-state index in [1.165, 1.54) is 41.4 Å². The maximum Gasteiger partial charge on any atom is 0.268 e. The SMILES string of the molecule is COc1ccc(C=c2sc(=CC(=O)c3ccco3)n(C)c2=O)cc1O. The van der Waals surface area contributed by atoms with E-state index in [4.69, 9.17) is 9.15 Å². The number of rotatable bonds is 4. The molecule has 0 aliphatic carbocycles. The molecule has 0 radical (unpaired) electrons. The molecule has 7 heteroatoms. The van der Waals surface area contributed by atoms with E-state index in [1.807, 2.05) is 0 Å². The van der Waals surface area contributed by atoms with E-state index in [-0.39, 0.29) is 22.9 Å². The molecule has 0 fully saturated rings. The molecule has 25 heavy (non-hydrogen) atoms. The Hall–Kier alpha value is -3.06. The second-order valence-corrected chi connectivity index (χ2v) is 6.29. The van der Waals surface area contributed by atoms with Gasteiger partial charge in [0.2, 0.25) is 5.78 Å². The zero-order valence-corrected chi connectivity index (χ0v) is 14.4. The van der Waals surface area contributed by atoms with E-state index in [0.717, 1.165) is 0 Å². The monoisotopic (exact) mass is 357 g/mol. The van der Waals surface area contributed by atoms with Crippen LogP contribution in [0.3, 0.4) is 0 Å². The molecule has 3 rings (SSSR count). The molecule has 0 saturated carbocycles. The van der Waals surface area contributed by atoms with Crippen molar-refractivity contribution in [3.05, 3.63) is 67.5 Å². The maximum atomic E-state index is 12.4. The summed E-state index contributed by atoms with van der Waals surface area (Å²) < 4.78 is 12.4. The molecule has 0 atom stereocenters. The van der Waals surface area contributed by atoms with Gasteiger partial charge >= 0.3 is 0 Å². The molecule has 3 aromatic rings. The van der Waals surface area contributed by atoms with Crippen molar-refractivity contribution in [3.63, 3.8) is 0 Å². The molecular formula is C18H15NO5S. The predicted molar refractivity (Wildman–Crippen MR) is 94.5 cm³/mol. The molecule has 0 aliphatic rings. The fraction of sp³-hybridized carbons (Fsp3) is 0.111. The Morgan fingerprint density at radius 2 is 2.16 bits per heavy atom. The average Bonchev–Trinajstić information content (AvgIpc) is 3.21. The van der Waals surface area contributed by atoms with Crippen molar-refractivity contribution in [2.24, 2.45) is 7.05 Å². The Balaban J connectivity index is 2.06. The number of carbonyl (C=O) groups is 1. The number of furan rings is 1. The minimum absolute atomic E-state index is 0.00980. The van der Waals surface area contributed by atoms with Crippen molar-refractivity contribution >= 4 is 29.3 Å². The van der Waals surface area contributed by atoms with Crippen LogP contribution < -0.4 is 19.5 Å². The van der Waals surface area contributed by atoms with Gasteiger partial charge in [0.05, 0.1) is 17.9 Å². The van der Waals surface area contributed by atoms with Crippen LogP contribution in [0.5, 0.6) is 11.5 Å². The van der Waals surface area contributed by atoms with E-state index >= 15 is 0 Å². The number of aromatic hydroxyl groups is 1. The summed E-state index contributed by atoms with van der Waals surface area (Å²) >= 11 is 1.19. The molecule has 1 aromatic carbocycles. The number of ketones is 1. The average molecular weight is 357 g/mol. The van der Waals surface area contributed by atoms with Crippen LogP contribution in [0.1, 0.15) is 16.1 Å². The van der Waals surface area contributed by atoms with Crippen molar-refractivity contribution in [2.75, 3.05) is 7.11 Å². The van der Waals surface area contributed by atoms with Crippen LogP contribution in [0.15, 0.2) is 45.8 Å². The largest absolute Gasteiger partial charge is 0.504 e. The van der Waals surface area contributed by atoms with Gasteiger partial charge in [0.25, 0.3) is 5.56 Å². The van der Waals surface area contributed by atoms with Crippen molar-refractivity contribution in [2.45, 2.75) is 0 Å². The number of methoxy groups -OCH3 is 1. The van der Waals surface area contributed by atoms with E-state index in [0.29, 0.717) is 20.5 Å². The van der Waals surface area contributed by atoms with Crippen LogP contribution in [0.4, 0.5) is 0 Å². The van der Waals surface area contributed by atoms with Gasteiger partial charge in [-0.2, -0.15) is 0 Å². The van der Waals surface area contributed by atoms with E-state index in [2.05, 4.69) is 0 Å². The first-order chi connectivity index (χ1) is 12.0. The third-order valence-electron chi connectivity index (χ3n) is 3.58. The van der Waals surface area contributed by atoms with Crippen molar-refractivity contribution in [1.82, 2.24) is 4.57 Å². The highest BCUT2D eigenvalue weighted by Crippen LogP contribution is 2.26. The number of aromatic nitrogens is 1. The first kappa shape index (κ1) is 16.8. The van der Waals surface area contributed by atoms with Crippen molar-refractivity contribution in [3.8, 4) is 11.5 Å². The first-order valence-electron chi connectivity index (χ1n) is 7.33. The summed E-state index contributed by atoms with van der Waals surface area (Å²) in [7, 11) is 3.06. The molecular weight excluding hydrogens is 342 g/mol. The summed E-state index contributed by atoms with van der Waals surface area (Å²) in [6.45, 7) is 0. The topological polar surface area (TPSA) is 81.7 Å². The van der Waals surface area contributed by atoms with Gasteiger partial charge in [0.1, 0.15) is 4.66 Å². The number of thiazole rings is 1. The van der Waals surface area contributed by atoms with Gasteiger partial charge in [-0.1, -0.05) is 6.07 Å². The second-order valence-electron chi connectivity index (χ2n) is 5.23. The van der Waals surface area contributed by atoms with Gasteiger partial charge < -0.3 is 18.8 Å². The molecule has 0 unspecified atom stereocenters. The molecule has 2 aromatic heterocycles. The van der Waals surface area contributed by atoms with Crippen LogP contribution in [0.2, 0.25) is 0 Å². The second kappa shape index (κ2) is 6.82. The highest BCUT2D eigenvalue weighted by Gasteiger charge is 2.08. The molecule has 6 nitrogen and oxygen atoms in total. The van der Waals surface area contributed by atoms with Crippen molar-refractivity contribution < 1.29 is 19.1 Å². The summed E-state index contributed by atoms with van der Waals surface area (Å²) in [5.74, 6) is 0.251. The number of phenolic OH excluding ortho intramolecular Hbond substituents is 1. The summed E-state index contributed by atoms with van der Waals surface area (Å²) in [4.78, 5) is 24.5. The van der Waals surface area contributed by atoms with Gasteiger partial charge in [-0.05, 0) is 35.9 Å². The Bertz CT molecular complexity index is 1090. The third-order valence-corrected chi connectivity index (χ3v) is 4.69. The van der Waals surface area contributed by atoms with Crippen LogP contribution >= 0.6 is 11.3 Å². The number of hydrogen-bond acceptors (Lipinski definition) is 6. The molecule has 0 saturated heterocycles. The Morgan fingerprint density at radius 1 is 1.36 bits per heavy atom. The number of ether oxygens (including phenoxy) is 1. The van der Waals surface area contributed by atoms with Gasteiger partial charge in [-0.15, -0.1) is 11.3 Å². The minimum Gasteiger partial charge on any atom is -0.504 e. The lowest BCUT2D eigenvalue weighted by atomic mass is 10.2. The Morgan fingerprint density at radius 3 is 2.80 bits per heavy atom.